The molecule has 0 aromatic rings. The molecule has 4 aliphatic rings. The second-order valence-electron chi connectivity index (χ2n) is 11.1. The average molecular weight is 500 g/mol. The van der Waals surface area contributed by atoms with Gasteiger partial charge in [0, 0.05) is 37.8 Å². The molecule has 4 atom stereocenters. The third-order valence-corrected chi connectivity index (χ3v) is 8.22. The normalized spacial score (nSPS) is 30.4. The molecule has 2 unspecified atom stereocenters. The molecule has 2 saturated heterocycles. The number of hydrogen-bond acceptors (Lipinski definition) is 5. The van der Waals surface area contributed by atoms with Crippen LogP contribution >= 0.6 is 0 Å². The Kier molecular flexibility index (Phi) is 9.07. The Labute approximate surface area is 217 Å². The first kappa shape index (κ1) is 27.1. The summed E-state index contributed by atoms with van der Waals surface area (Å²) in [6.07, 6.45) is 15.1. The lowest BCUT2D eigenvalue weighted by Gasteiger charge is -2.30. The number of hydrogen-bond donors (Lipinski definition) is 0. The average Bonchev–Trinajstić information content (AvgIpc) is 3.45. The zero-order chi connectivity index (χ0) is 25.7. The van der Waals surface area contributed by atoms with Gasteiger partial charge in [-0.3, -0.25) is 19.3 Å². The Morgan fingerprint density at radius 1 is 1.31 bits per heavy atom. The number of rotatable bonds is 11. The summed E-state index contributed by atoms with van der Waals surface area (Å²) in [6, 6.07) is 0.250. The number of nitrogens with zero attached hydrogens (tertiary/aromatic N) is 3. The van der Waals surface area contributed by atoms with E-state index in [1.807, 2.05) is 18.0 Å². The van der Waals surface area contributed by atoms with Gasteiger partial charge in [0.2, 0.25) is 5.91 Å². The third-order valence-electron chi connectivity index (χ3n) is 8.22. The molecular weight excluding hydrogens is 454 g/mol. The third kappa shape index (κ3) is 6.12. The van der Waals surface area contributed by atoms with Crippen molar-refractivity contribution in [3.05, 3.63) is 35.6 Å². The van der Waals surface area contributed by atoms with Crippen molar-refractivity contribution in [2.75, 3.05) is 39.4 Å². The molecular formula is C29H45N3O4. The van der Waals surface area contributed by atoms with E-state index >= 15 is 0 Å². The number of amides is 2. The summed E-state index contributed by atoms with van der Waals surface area (Å²) < 4.78 is 6.02. The fourth-order valence-corrected chi connectivity index (χ4v) is 5.98. The number of likely N-dealkylation sites (tertiary alicyclic amines) is 1. The van der Waals surface area contributed by atoms with E-state index in [0.717, 1.165) is 58.1 Å². The van der Waals surface area contributed by atoms with Gasteiger partial charge in [0.15, 0.2) is 0 Å². The molecule has 3 heterocycles. The van der Waals surface area contributed by atoms with Crippen molar-refractivity contribution in [3.8, 4) is 0 Å². The molecule has 7 nitrogen and oxygen atoms in total. The number of hydroxylamine groups is 2. The molecule has 2 amide bonds. The SMILES string of the molecule is CCCON(CCC)C(=O)CN1CC(C2=CC[C@@]3(C)OCCC3=C2)C[C@@H]1CCN1C=CCC(C)C1=O. The second kappa shape index (κ2) is 12.1. The first-order valence-electron chi connectivity index (χ1n) is 14.0. The largest absolute Gasteiger partial charge is 0.370 e. The highest BCUT2D eigenvalue weighted by atomic mass is 16.7. The maximum Gasteiger partial charge on any atom is 0.260 e. The highest BCUT2D eigenvalue weighted by Crippen LogP contribution is 2.42. The Morgan fingerprint density at radius 3 is 2.92 bits per heavy atom. The van der Waals surface area contributed by atoms with Crippen LogP contribution in [0, 0.1) is 11.8 Å². The van der Waals surface area contributed by atoms with Crippen molar-refractivity contribution in [2.45, 2.75) is 84.3 Å². The van der Waals surface area contributed by atoms with Gasteiger partial charge in [0.05, 0.1) is 25.4 Å². The van der Waals surface area contributed by atoms with Crippen LogP contribution in [-0.4, -0.2) is 77.7 Å². The molecule has 1 aliphatic carbocycles. The van der Waals surface area contributed by atoms with Crippen LogP contribution in [-0.2, 0) is 19.2 Å². The van der Waals surface area contributed by atoms with Crippen LogP contribution in [0.4, 0.5) is 0 Å². The highest BCUT2D eigenvalue weighted by Gasteiger charge is 2.40. The first-order chi connectivity index (χ1) is 17.3. The first-order valence-corrected chi connectivity index (χ1v) is 14.0. The topological polar surface area (TPSA) is 62.3 Å². The lowest BCUT2D eigenvalue weighted by atomic mass is 9.81. The summed E-state index contributed by atoms with van der Waals surface area (Å²) in [6.45, 7) is 12.2. The molecule has 0 aromatic carbocycles. The zero-order valence-electron chi connectivity index (χ0n) is 22.7. The van der Waals surface area contributed by atoms with Gasteiger partial charge < -0.3 is 9.64 Å². The number of carbonyl (C=O) groups excluding carboxylic acids is 2. The predicted molar refractivity (Wildman–Crippen MR) is 141 cm³/mol. The van der Waals surface area contributed by atoms with Gasteiger partial charge in [-0.25, -0.2) is 5.06 Å². The molecule has 0 saturated carbocycles. The molecule has 0 N–H and O–H groups in total. The van der Waals surface area contributed by atoms with E-state index in [2.05, 4.69) is 43.9 Å². The second-order valence-corrected chi connectivity index (χ2v) is 11.1. The van der Waals surface area contributed by atoms with E-state index in [1.54, 1.807) is 5.06 Å². The summed E-state index contributed by atoms with van der Waals surface area (Å²) >= 11 is 0. The lowest BCUT2D eigenvalue weighted by Crippen LogP contribution is -2.44. The molecule has 0 aromatic heterocycles. The van der Waals surface area contributed by atoms with Gasteiger partial charge in [-0.15, -0.1) is 0 Å². The summed E-state index contributed by atoms with van der Waals surface area (Å²) in [5.74, 6) is 0.677. The van der Waals surface area contributed by atoms with Crippen LogP contribution in [0.5, 0.6) is 0 Å². The van der Waals surface area contributed by atoms with Crippen molar-refractivity contribution in [1.29, 1.82) is 0 Å². The van der Waals surface area contributed by atoms with Gasteiger partial charge in [0.1, 0.15) is 0 Å². The van der Waals surface area contributed by atoms with Gasteiger partial charge in [-0.1, -0.05) is 39.0 Å². The van der Waals surface area contributed by atoms with E-state index < -0.39 is 0 Å². The van der Waals surface area contributed by atoms with E-state index in [4.69, 9.17) is 9.57 Å². The maximum atomic E-state index is 13.3. The van der Waals surface area contributed by atoms with Crippen LogP contribution in [0.25, 0.3) is 0 Å². The Morgan fingerprint density at radius 2 is 2.14 bits per heavy atom. The molecule has 36 heavy (non-hydrogen) atoms. The molecule has 0 spiro atoms. The van der Waals surface area contributed by atoms with Crippen molar-refractivity contribution >= 4 is 11.8 Å². The quantitative estimate of drug-likeness (QED) is 0.393. The van der Waals surface area contributed by atoms with Crippen LogP contribution in [0.15, 0.2) is 35.6 Å². The Balaban J connectivity index is 1.46. The maximum absolute atomic E-state index is 13.3. The molecule has 200 valence electrons. The fourth-order valence-electron chi connectivity index (χ4n) is 5.98. The smallest absolute Gasteiger partial charge is 0.260 e. The van der Waals surface area contributed by atoms with Crippen molar-refractivity contribution in [2.24, 2.45) is 11.8 Å². The molecule has 3 aliphatic heterocycles. The zero-order valence-corrected chi connectivity index (χ0v) is 22.7. The van der Waals surface area contributed by atoms with Crippen LogP contribution in [0.2, 0.25) is 0 Å². The van der Waals surface area contributed by atoms with E-state index in [-0.39, 0.29) is 29.4 Å². The monoisotopic (exact) mass is 499 g/mol. The standard InChI is InChI=1S/C29H45N3O4/c1-5-13-32(36-16-6-2)27(33)21-31-20-24(23-9-12-29(4)25(18-23)11-17-35-29)19-26(31)10-15-30-14-7-8-22(3)28(30)34/h7,9,14,18,22,24,26H,5-6,8,10-13,15-17,19-21H2,1-4H3/t22?,24?,26-,29+/m0/s1. The van der Waals surface area contributed by atoms with Crippen molar-refractivity contribution < 1.29 is 19.2 Å². The van der Waals surface area contributed by atoms with Crippen LogP contribution in [0.1, 0.15) is 72.6 Å². The van der Waals surface area contributed by atoms with E-state index in [1.165, 1.54) is 11.1 Å². The van der Waals surface area contributed by atoms with E-state index in [0.29, 0.717) is 32.2 Å². The van der Waals surface area contributed by atoms with Gasteiger partial charge in [-0.05, 0) is 68.9 Å². The molecule has 0 radical (unpaired) electrons. The number of fused-ring (bicyclic) bond motifs is 1. The van der Waals surface area contributed by atoms with Gasteiger partial charge in [0.25, 0.3) is 5.91 Å². The lowest BCUT2D eigenvalue weighted by molar-refractivity contribution is -0.188. The Bertz CT molecular complexity index is 897. The summed E-state index contributed by atoms with van der Waals surface area (Å²) in [5.41, 5.74) is 2.67. The van der Waals surface area contributed by atoms with Crippen molar-refractivity contribution in [3.63, 3.8) is 0 Å². The predicted octanol–water partition coefficient (Wildman–Crippen LogP) is 4.46. The highest BCUT2D eigenvalue weighted by molar-refractivity contribution is 5.80. The molecule has 4 rings (SSSR count). The molecule has 7 heteroatoms. The van der Waals surface area contributed by atoms with Gasteiger partial charge >= 0.3 is 0 Å². The Hall–Kier alpha value is -1.96. The van der Waals surface area contributed by atoms with Crippen LogP contribution < -0.4 is 0 Å². The molecule has 0 bridgehead atoms. The summed E-state index contributed by atoms with van der Waals surface area (Å²) in [7, 11) is 0. The van der Waals surface area contributed by atoms with Gasteiger partial charge in [-0.2, -0.15) is 0 Å². The van der Waals surface area contributed by atoms with Crippen molar-refractivity contribution in [1.82, 2.24) is 14.9 Å². The number of carbonyl (C=O) groups is 2. The minimum Gasteiger partial charge on any atom is -0.370 e. The fraction of sp³-hybridized carbons (Fsp3) is 0.724. The van der Waals surface area contributed by atoms with E-state index in [9.17, 15) is 9.59 Å². The van der Waals surface area contributed by atoms with Crippen LogP contribution in [0.3, 0.4) is 0 Å². The number of allylic oxidation sites excluding steroid dienone is 2. The summed E-state index contributed by atoms with van der Waals surface area (Å²) in [4.78, 5) is 35.9. The number of ether oxygens (including phenoxy) is 1. The minimum absolute atomic E-state index is 0.0336. The molecule has 2 fully saturated rings. The summed E-state index contributed by atoms with van der Waals surface area (Å²) in [5, 5.41) is 1.57. The minimum atomic E-state index is -0.133.